The summed E-state index contributed by atoms with van der Waals surface area (Å²) >= 11 is 0.751. The third-order valence-corrected chi connectivity index (χ3v) is 6.52. The molecule has 0 saturated carbocycles. The quantitative estimate of drug-likeness (QED) is 0.266. The van der Waals surface area contributed by atoms with Crippen molar-refractivity contribution in [1.29, 1.82) is 0 Å². The zero-order valence-electron chi connectivity index (χ0n) is 14.7. The number of thioether (sulfide) groups is 1. The monoisotopic (exact) mass is 398 g/mol. The summed E-state index contributed by atoms with van der Waals surface area (Å²) in [6, 6.07) is 0. The van der Waals surface area contributed by atoms with Gasteiger partial charge in [0.05, 0.1) is 0 Å². The van der Waals surface area contributed by atoms with Gasteiger partial charge >= 0.3 is 11.9 Å². The molecule has 0 aliphatic carbocycles. The van der Waals surface area contributed by atoms with Gasteiger partial charge in [0.2, 0.25) is 5.25 Å². The van der Waals surface area contributed by atoms with Crippen molar-refractivity contribution < 1.29 is 32.8 Å². The van der Waals surface area contributed by atoms with E-state index in [1.54, 1.807) is 0 Å². The Hall–Kier alpha value is -0.800. The number of carboxylic acid groups (broad SMARTS) is 2. The Bertz CT molecular complexity index is 491. The fraction of sp³-hybridized carbons (Fsp3) is 0.875. The first-order valence-electron chi connectivity index (χ1n) is 8.75. The minimum atomic E-state index is -4.97. The van der Waals surface area contributed by atoms with E-state index in [4.69, 9.17) is 14.8 Å². The lowest BCUT2D eigenvalue weighted by molar-refractivity contribution is -0.142. The molecule has 2 atom stereocenters. The normalized spacial score (nSPS) is 14.2. The van der Waals surface area contributed by atoms with Crippen molar-refractivity contribution >= 4 is 33.8 Å². The van der Waals surface area contributed by atoms with Gasteiger partial charge < -0.3 is 10.2 Å². The molecule has 0 fully saturated rings. The molecule has 3 N–H and O–H groups in total. The Morgan fingerprint density at radius 1 is 0.840 bits per heavy atom. The highest BCUT2D eigenvalue weighted by Crippen LogP contribution is 2.22. The number of carbonyl (C=O) groups is 2. The van der Waals surface area contributed by atoms with Crippen molar-refractivity contribution in [1.82, 2.24) is 0 Å². The van der Waals surface area contributed by atoms with Crippen LogP contribution in [0.15, 0.2) is 0 Å². The Morgan fingerprint density at radius 3 is 1.64 bits per heavy atom. The molecular weight excluding hydrogens is 368 g/mol. The van der Waals surface area contributed by atoms with Crippen molar-refractivity contribution in [3.05, 3.63) is 0 Å². The zero-order chi connectivity index (χ0) is 19.3. The van der Waals surface area contributed by atoms with Crippen LogP contribution in [0.25, 0.3) is 0 Å². The largest absolute Gasteiger partial charge is 0.480 e. The lowest BCUT2D eigenvalue weighted by atomic mass is 10.1. The molecule has 0 bridgehead atoms. The molecule has 0 heterocycles. The van der Waals surface area contributed by atoms with E-state index < -0.39 is 32.6 Å². The third kappa shape index (κ3) is 11.4. The zero-order valence-corrected chi connectivity index (χ0v) is 16.4. The number of aliphatic carboxylic acids is 2. The summed E-state index contributed by atoms with van der Waals surface area (Å²) in [7, 11) is -4.97. The van der Waals surface area contributed by atoms with Crippen LogP contribution in [0, 0.1) is 0 Å². The van der Waals surface area contributed by atoms with Crippen molar-refractivity contribution in [3.8, 4) is 0 Å². The molecule has 0 radical (unpaired) electrons. The maximum atomic E-state index is 11.1. The Morgan fingerprint density at radius 2 is 1.28 bits per heavy atom. The minimum Gasteiger partial charge on any atom is -0.480 e. The van der Waals surface area contributed by atoms with E-state index in [1.807, 2.05) is 0 Å². The highest BCUT2D eigenvalue weighted by atomic mass is 32.2. The minimum absolute atomic E-state index is 0.340. The fourth-order valence-electron chi connectivity index (χ4n) is 2.50. The first kappa shape index (κ1) is 24.2. The second kappa shape index (κ2) is 13.4. The maximum Gasteiger partial charge on any atom is 0.326 e. The molecule has 0 aliphatic heterocycles. The van der Waals surface area contributed by atoms with Crippen molar-refractivity contribution in [2.45, 2.75) is 81.6 Å². The van der Waals surface area contributed by atoms with Gasteiger partial charge in [0.1, 0.15) is 5.25 Å². The average Bonchev–Trinajstić information content (AvgIpc) is 2.49. The van der Waals surface area contributed by atoms with Crippen LogP contribution in [0.5, 0.6) is 0 Å². The smallest absolute Gasteiger partial charge is 0.326 e. The van der Waals surface area contributed by atoms with E-state index in [2.05, 4.69) is 6.92 Å². The number of unbranched alkanes of at least 4 members (excludes halogenated alkanes) is 9. The van der Waals surface area contributed by atoms with E-state index in [9.17, 15) is 18.0 Å². The highest BCUT2D eigenvalue weighted by molar-refractivity contribution is 8.01. The van der Waals surface area contributed by atoms with Crippen molar-refractivity contribution in [2.75, 3.05) is 5.75 Å². The number of carboxylic acids is 2. The van der Waals surface area contributed by atoms with Crippen molar-refractivity contribution in [2.24, 2.45) is 0 Å². The van der Waals surface area contributed by atoms with E-state index in [-0.39, 0.29) is 0 Å². The van der Waals surface area contributed by atoms with Crippen LogP contribution < -0.4 is 0 Å². The van der Waals surface area contributed by atoms with Gasteiger partial charge in [-0.05, 0) is 12.2 Å². The van der Waals surface area contributed by atoms with Gasteiger partial charge in [-0.2, -0.15) is 8.42 Å². The molecule has 7 nitrogen and oxygen atoms in total. The van der Waals surface area contributed by atoms with Gasteiger partial charge in [-0.1, -0.05) is 64.7 Å². The Labute approximate surface area is 154 Å². The van der Waals surface area contributed by atoms with E-state index in [0.717, 1.165) is 31.0 Å². The molecular formula is C16H30O7S2. The molecule has 0 saturated heterocycles. The van der Waals surface area contributed by atoms with Crippen LogP contribution in [-0.4, -0.2) is 51.4 Å². The SMILES string of the molecule is CCCCCCCCCCCCSC(C(=O)O)C(C(=O)O)S(=O)(=O)O. The summed E-state index contributed by atoms with van der Waals surface area (Å²) in [5.41, 5.74) is 0. The summed E-state index contributed by atoms with van der Waals surface area (Å²) in [5.74, 6) is -3.07. The summed E-state index contributed by atoms with van der Waals surface area (Å²) in [5, 5.41) is 13.9. The van der Waals surface area contributed by atoms with Crippen LogP contribution in [0.2, 0.25) is 0 Å². The molecule has 0 amide bonds. The van der Waals surface area contributed by atoms with E-state index >= 15 is 0 Å². The van der Waals surface area contributed by atoms with E-state index in [0.29, 0.717) is 12.2 Å². The van der Waals surface area contributed by atoms with Gasteiger partial charge in [0.15, 0.2) is 0 Å². The maximum absolute atomic E-state index is 11.1. The fourth-order valence-corrected chi connectivity index (χ4v) is 4.90. The van der Waals surface area contributed by atoms with Gasteiger partial charge in [-0.3, -0.25) is 14.1 Å². The first-order chi connectivity index (χ1) is 11.7. The molecule has 0 aromatic rings. The van der Waals surface area contributed by atoms with Gasteiger partial charge in [0, 0.05) is 0 Å². The summed E-state index contributed by atoms with van der Waals surface area (Å²) in [4.78, 5) is 22.1. The molecule has 0 spiro atoms. The van der Waals surface area contributed by atoms with E-state index in [1.165, 1.54) is 38.5 Å². The second-order valence-corrected chi connectivity index (χ2v) is 8.87. The topological polar surface area (TPSA) is 129 Å². The lowest BCUT2D eigenvalue weighted by Crippen LogP contribution is -2.43. The third-order valence-electron chi connectivity index (χ3n) is 3.88. The summed E-state index contributed by atoms with van der Waals surface area (Å²) in [6.45, 7) is 2.18. The van der Waals surface area contributed by atoms with Crippen LogP contribution in [0.4, 0.5) is 0 Å². The van der Waals surface area contributed by atoms with Crippen LogP contribution in [0.3, 0.4) is 0 Å². The lowest BCUT2D eigenvalue weighted by Gasteiger charge is -2.17. The molecule has 2 unspecified atom stereocenters. The predicted octanol–water partition coefficient (Wildman–Crippen LogP) is 3.43. The number of rotatable bonds is 16. The van der Waals surface area contributed by atoms with Crippen molar-refractivity contribution in [3.63, 3.8) is 0 Å². The average molecular weight is 399 g/mol. The molecule has 0 aliphatic rings. The number of hydrogen-bond donors (Lipinski definition) is 3. The van der Waals surface area contributed by atoms with Gasteiger partial charge in [-0.15, -0.1) is 11.8 Å². The summed E-state index contributed by atoms with van der Waals surface area (Å²) in [6.07, 6.45) is 11.2. The Balaban J connectivity index is 4.03. The van der Waals surface area contributed by atoms with Crippen LogP contribution >= 0.6 is 11.8 Å². The molecule has 0 aromatic carbocycles. The van der Waals surface area contributed by atoms with Gasteiger partial charge in [-0.25, -0.2) is 0 Å². The molecule has 0 aromatic heterocycles. The van der Waals surface area contributed by atoms with Gasteiger partial charge in [0.25, 0.3) is 10.1 Å². The predicted molar refractivity (Wildman–Crippen MR) is 98.7 cm³/mol. The Kier molecular flexibility index (Phi) is 13.0. The number of hydrogen-bond acceptors (Lipinski definition) is 5. The molecule has 0 rings (SSSR count). The molecule has 148 valence electrons. The van der Waals surface area contributed by atoms with Crippen LogP contribution in [-0.2, 0) is 19.7 Å². The summed E-state index contributed by atoms with van der Waals surface area (Å²) < 4.78 is 31.2. The molecule has 9 heteroatoms. The standard InChI is InChI=1S/C16H30O7S2/c1-2-3-4-5-6-7-8-9-10-11-12-24-13(15(17)18)14(16(19)20)25(21,22)23/h13-14H,2-12H2,1H3,(H,17,18)(H,19,20)(H,21,22,23). The van der Waals surface area contributed by atoms with Crippen LogP contribution in [0.1, 0.15) is 71.1 Å². The first-order valence-corrected chi connectivity index (χ1v) is 11.3. The second-order valence-electron chi connectivity index (χ2n) is 6.09. The molecule has 25 heavy (non-hydrogen) atoms. The highest BCUT2D eigenvalue weighted by Gasteiger charge is 2.43.